The zero-order valence-corrected chi connectivity index (χ0v) is 21.6. The van der Waals surface area contributed by atoms with Crippen LogP contribution in [0.15, 0.2) is 54.7 Å². The van der Waals surface area contributed by atoms with Gasteiger partial charge in [-0.3, -0.25) is 4.79 Å². The lowest BCUT2D eigenvalue weighted by Crippen LogP contribution is -2.43. The zero-order chi connectivity index (χ0) is 25.4. The highest BCUT2D eigenvalue weighted by Crippen LogP contribution is 2.39. The lowest BCUT2D eigenvalue weighted by atomic mass is 9.95. The predicted octanol–water partition coefficient (Wildman–Crippen LogP) is 5.52. The van der Waals surface area contributed by atoms with E-state index >= 15 is 0 Å². The third-order valence-electron chi connectivity index (χ3n) is 6.33. The number of carbonyl (C=O) groups excluding carboxylic acids is 1. The number of methoxy groups -OCH3 is 2. The van der Waals surface area contributed by atoms with E-state index in [0.29, 0.717) is 40.3 Å². The van der Waals surface area contributed by atoms with Crippen molar-refractivity contribution in [1.82, 2.24) is 14.3 Å². The topological polar surface area (TPSA) is 65.3 Å². The fraction of sp³-hybridized carbons (Fsp3) is 0.259. The van der Waals surface area contributed by atoms with Crippen molar-refractivity contribution < 1.29 is 19.0 Å². The summed E-state index contributed by atoms with van der Waals surface area (Å²) in [5.74, 6) is 1.43. The van der Waals surface area contributed by atoms with Crippen LogP contribution in [-0.2, 0) is 11.2 Å². The van der Waals surface area contributed by atoms with Crippen LogP contribution >= 0.6 is 23.2 Å². The number of nitrogens with zero attached hydrogens (tertiary/aromatic N) is 3. The molecule has 0 spiro atoms. The molecule has 9 heteroatoms. The number of benzene rings is 2. The minimum absolute atomic E-state index is 0.170. The number of fused-ring (bicyclic) bond motifs is 3. The van der Waals surface area contributed by atoms with Crippen LogP contribution in [0.1, 0.15) is 28.6 Å². The highest BCUT2D eigenvalue weighted by molar-refractivity contribution is 6.35. The largest absolute Gasteiger partial charge is 0.493 e. The standard InChI is InChI=1S/C27H25Cl2N3O4/c1-16-4-9-24-30-20-10-11-31(25(33)15-36-21-8-6-18(28)13-19(21)29)26(27(20)32(24)14-16)17-5-7-22(34-2)23(12-17)35-3/h4-9,12-14,26H,10-11,15H2,1-3H3. The van der Waals surface area contributed by atoms with Crippen LogP contribution in [0.2, 0.25) is 10.0 Å². The number of pyridine rings is 1. The van der Waals surface area contributed by atoms with Crippen LogP contribution in [0.5, 0.6) is 17.2 Å². The van der Waals surface area contributed by atoms with E-state index in [0.717, 1.165) is 28.2 Å². The van der Waals surface area contributed by atoms with Gasteiger partial charge in [0.1, 0.15) is 11.4 Å². The van der Waals surface area contributed by atoms with Crippen LogP contribution in [-0.4, -0.2) is 47.6 Å². The van der Waals surface area contributed by atoms with Crippen molar-refractivity contribution in [1.29, 1.82) is 0 Å². The first kappa shape index (κ1) is 24.3. The van der Waals surface area contributed by atoms with Crippen LogP contribution < -0.4 is 14.2 Å². The van der Waals surface area contributed by atoms with Crippen molar-refractivity contribution in [2.75, 3.05) is 27.4 Å². The van der Waals surface area contributed by atoms with E-state index in [1.54, 1.807) is 32.4 Å². The molecule has 7 nitrogen and oxygen atoms in total. The molecule has 186 valence electrons. The number of aromatic nitrogens is 2. The van der Waals surface area contributed by atoms with Gasteiger partial charge in [0.25, 0.3) is 5.91 Å². The van der Waals surface area contributed by atoms with E-state index in [1.807, 2.05) is 48.4 Å². The van der Waals surface area contributed by atoms with Gasteiger partial charge in [-0.25, -0.2) is 4.98 Å². The molecular weight excluding hydrogens is 501 g/mol. The molecule has 0 saturated carbocycles. The Balaban J connectivity index is 1.56. The van der Waals surface area contributed by atoms with Gasteiger partial charge in [-0.1, -0.05) is 35.3 Å². The van der Waals surface area contributed by atoms with Gasteiger partial charge < -0.3 is 23.5 Å². The maximum atomic E-state index is 13.6. The van der Waals surface area contributed by atoms with Gasteiger partial charge in [-0.15, -0.1) is 0 Å². The normalized spacial score (nSPS) is 15.0. The van der Waals surface area contributed by atoms with Gasteiger partial charge in [0, 0.05) is 24.2 Å². The van der Waals surface area contributed by atoms with Crippen molar-refractivity contribution in [3.63, 3.8) is 0 Å². The Morgan fingerprint density at radius 1 is 1.03 bits per heavy atom. The highest BCUT2D eigenvalue weighted by atomic mass is 35.5. The summed E-state index contributed by atoms with van der Waals surface area (Å²) in [6.45, 7) is 2.36. The molecule has 0 fully saturated rings. The Hall–Kier alpha value is -3.42. The van der Waals surface area contributed by atoms with Crippen LogP contribution in [0, 0.1) is 6.92 Å². The van der Waals surface area contributed by atoms with E-state index < -0.39 is 6.04 Å². The molecule has 36 heavy (non-hydrogen) atoms. The second-order valence-electron chi connectivity index (χ2n) is 8.60. The molecule has 0 saturated heterocycles. The van der Waals surface area contributed by atoms with Gasteiger partial charge >= 0.3 is 0 Å². The Kier molecular flexibility index (Phi) is 6.69. The Morgan fingerprint density at radius 3 is 2.56 bits per heavy atom. The minimum atomic E-state index is -0.401. The van der Waals surface area contributed by atoms with Crippen molar-refractivity contribution >= 4 is 34.8 Å². The fourth-order valence-electron chi connectivity index (χ4n) is 4.64. The maximum absolute atomic E-state index is 13.6. The molecule has 3 heterocycles. The van der Waals surface area contributed by atoms with E-state index in [9.17, 15) is 4.79 Å². The predicted molar refractivity (Wildman–Crippen MR) is 139 cm³/mol. The third kappa shape index (κ3) is 4.45. The highest BCUT2D eigenvalue weighted by Gasteiger charge is 2.36. The number of hydrogen-bond acceptors (Lipinski definition) is 5. The molecule has 0 aliphatic carbocycles. The van der Waals surface area contributed by atoms with E-state index in [1.165, 1.54) is 0 Å². The van der Waals surface area contributed by atoms with Gasteiger partial charge in [0.05, 0.1) is 36.7 Å². The van der Waals surface area contributed by atoms with Gasteiger partial charge in [0.15, 0.2) is 18.1 Å². The second-order valence-corrected chi connectivity index (χ2v) is 9.44. The molecule has 1 aliphatic heterocycles. The molecule has 0 bridgehead atoms. The third-order valence-corrected chi connectivity index (χ3v) is 6.86. The average molecular weight is 526 g/mol. The molecule has 2 aromatic heterocycles. The number of rotatable bonds is 6. The van der Waals surface area contributed by atoms with E-state index in [2.05, 4.69) is 4.40 Å². The van der Waals surface area contributed by atoms with E-state index in [4.69, 9.17) is 42.4 Å². The summed E-state index contributed by atoms with van der Waals surface area (Å²) < 4.78 is 18.9. The molecule has 0 N–H and O–H groups in total. The van der Waals surface area contributed by atoms with Crippen LogP contribution in [0.4, 0.5) is 0 Å². The second kappa shape index (κ2) is 9.91. The smallest absolute Gasteiger partial charge is 0.261 e. The molecule has 1 unspecified atom stereocenters. The van der Waals surface area contributed by atoms with Crippen molar-refractivity contribution in [2.45, 2.75) is 19.4 Å². The number of imidazole rings is 1. The number of halogens is 2. The summed E-state index contributed by atoms with van der Waals surface area (Å²) in [5, 5.41) is 0.851. The number of amides is 1. The van der Waals surface area contributed by atoms with Gasteiger partial charge in [-0.05, 0) is 54.4 Å². The summed E-state index contributed by atoms with van der Waals surface area (Å²) in [4.78, 5) is 20.3. The van der Waals surface area contributed by atoms with Crippen molar-refractivity contribution in [3.05, 3.63) is 87.3 Å². The first-order chi connectivity index (χ1) is 17.4. The number of hydrogen-bond donors (Lipinski definition) is 0. The Labute approximate surface area is 219 Å². The molecule has 1 aliphatic rings. The summed E-state index contributed by atoms with van der Waals surface area (Å²) >= 11 is 12.2. The molecule has 2 aromatic carbocycles. The Morgan fingerprint density at radius 2 is 1.81 bits per heavy atom. The maximum Gasteiger partial charge on any atom is 0.261 e. The molecule has 4 aromatic rings. The molecule has 1 amide bonds. The quantitative estimate of drug-likeness (QED) is 0.331. The number of ether oxygens (including phenoxy) is 3. The van der Waals surface area contributed by atoms with Crippen LogP contribution in [0.25, 0.3) is 5.65 Å². The summed E-state index contributed by atoms with van der Waals surface area (Å²) in [6.07, 6.45) is 2.68. The summed E-state index contributed by atoms with van der Waals surface area (Å²) in [6, 6.07) is 14.3. The first-order valence-electron chi connectivity index (χ1n) is 11.5. The lowest BCUT2D eigenvalue weighted by molar-refractivity contribution is -0.135. The van der Waals surface area contributed by atoms with Gasteiger partial charge in [-0.2, -0.15) is 0 Å². The van der Waals surface area contributed by atoms with Crippen molar-refractivity contribution in [2.24, 2.45) is 0 Å². The first-order valence-corrected chi connectivity index (χ1v) is 12.2. The van der Waals surface area contributed by atoms with Gasteiger partial charge in [0.2, 0.25) is 0 Å². The number of carbonyl (C=O) groups is 1. The lowest BCUT2D eigenvalue weighted by Gasteiger charge is -2.36. The van der Waals surface area contributed by atoms with Crippen LogP contribution in [0.3, 0.4) is 0 Å². The summed E-state index contributed by atoms with van der Waals surface area (Å²) in [5.41, 5.74) is 4.73. The monoisotopic (exact) mass is 525 g/mol. The molecule has 0 radical (unpaired) electrons. The van der Waals surface area contributed by atoms with E-state index in [-0.39, 0.29) is 12.5 Å². The minimum Gasteiger partial charge on any atom is -0.493 e. The number of aryl methyl sites for hydroxylation is 1. The fourth-order valence-corrected chi connectivity index (χ4v) is 5.10. The summed E-state index contributed by atoms with van der Waals surface area (Å²) in [7, 11) is 3.19. The average Bonchev–Trinajstić information content (AvgIpc) is 3.24. The Bertz CT molecular complexity index is 1450. The molecule has 5 rings (SSSR count). The SMILES string of the molecule is COc1ccc(C2c3c(nc4ccc(C)cn34)CCN2C(=O)COc2ccc(Cl)cc2Cl)cc1OC. The zero-order valence-electron chi connectivity index (χ0n) is 20.1. The molecular formula is C27H25Cl2N3O4. The molecule has 1 atom stereocenters. The van der Waals surface area contributed by atoms with Crippen molar-refractivity contribution in [3.8, 4) is 17.2 Å².